The average molecular weight is 434 g/mol. The van der Waals surface area contributed by atoms with Gasteiger partial charge in [-0.05, 0) is 40.5 Å². The van der Waals surface area contributed by atoms with Gasteiger partial charge in [-0.3, -0.25) is 9.59 Å². The third-order valence-electron chi connectivity index (χ3n) is 7.19. The van der Waals surface area contributed by atoms with Crippen molar-refractivity contribution in [3.8, 4) is 0 Å². The number of carbonyl (C=O) groups excluding carboxylic acids is 2. The molecule has 1 aliphatic heterocycles. The lowest BCUT2D eigenvalue weighted by Gasteiger charge is -2.52. The van der Waals surface area contributed by atoms with Crippen molar-refractivity contribution >= 4 is 40.7 Å². The summed E-state index contributed by atoms with van der Waals surface area (Å²) < 4.78 is 0. The first-order valence-corrected chi connectivity index (χ1v) is 10.7. The Labute approximate surface area is 184 Å². The Kier molecular flexibility index (Phi) is 3.61. The van der Waals surface area contributed by atoms with Crippen LogP contribution in [0.4, 0.5) is 5.69 Å². The molecule has 1 fully saturated rings. The maximum Gasteiger partial charge on any atom is 0.239 e. The number of rotatable bonds is 1. The van der Waals surface area contributed by atoms with Crippen molar-refractivity contribution in [3.05, 3.63) is 99.0 Å². The predicted octanol–water partition coefficient (Wildman–Crippen LogP) is 5.56. The van der Waals surface area contributed by atoms with E-state index in [2.05, 4.69) is 31.2 Å². The molecule has 0 unspecified atom stereocenters. The molecule has 3 aromatic carbocycles. The summed E-state index contributed by atoms with van der Waals surface area (Å²) in [7, 11) is 0. The third-order valence-corrected chi connectivity index (χ3v) is 7.75. The standard InChI is InChI=1S/C25H17Cl2NO2/c1-25-16-8-4-2-6-14(16)20(15-7-3-5-9-17(15)25)21-22(25)24(30)28(23(21)29)19-12-13(26)10-11-18(19)27/h2-12,20-22H,1H3/t20?,21-,22+,25?/m0/s1. The fraction of sp³-hybridized carbons (Fsp3) is 0.200. The zero-order chi connectivity index (χ0) is 20.8. The van der Waals surface area contributed by atoms with Crippen LogP contribution in [0, 0.1) is 11.8 Å². The van der Waals surface area contributed by atoms with E-state index < -0.39 is 17.3 Å². The van der Waals surface area contributed by atoms with Gasteiger partial charge in [0, 0.05) is 16.4 Å². The van der Waals surface area contributed by atoms with E-state index in [1.165, 1.54) is 4.90 Å². The van der Waals surface area contributed by atoms with Crippen LogP contribution < -0.4 is 4.90 Å². The van der Waals surface area contributed by atoms with Crippen LogP contribution in [-0.4, -0.2) is 11.8 Å². The molecule has 3 aromatic rings. The van der Waals surface area contributed by atoms with Crippen LogP contribution in [0.25, 0.3) is 0 Å². The number of imide groups is 1. The van der Waals surface area contributed by atoms with Crippen LogP contribution in [0.1, 0.15) is 35.1 Å². The molecule has 5 heteroatoms. The zero-order valence-electron chi connectivity index (χ0n) is 16.1. The summed E-state index contributed by atoms with van der Waals surface area (Å²) in [6.07, 6.45) is 0. The largest absolute Gasteiger partial charge is 0.274 e. The highest BCUT2D eigenvalue weighted by Gasteiger charge is 2.66. The summed E-state index contributed by atoms with van der Waals surface area (Å²) >= 11 is 12.6. The van der Waals surface area contributed by atoms with E-state index in [9.17, 15) is 9.59 Å². The van der Waals surface area contributed by atoms with Crippen molar-refractivity contribution in [2.24, 2.45) is 11.8 Å². The number of halogens is 2. The van der Waals surface area contributed by atoms with Gasteiger partial charge < -0.3 is 0 Å². The Morgan fingerprint density at radius 1 is 0.833 bits per heavy atom. The molecule has 0 N–H and O–H groups in total. The molecule has 2 amide bonds. The molecule has 1 heterocycles. The third kappa shape index (κ3) is 2.02. The van der Waals surface area contributed by atoms with Crippen LogP contribution in [-0.2, 0) is 15.0 Å². The van der Waals surface area contributed by atoms with Gasteiger partial charge in [0.2, 0.25) is 11.8 Å². The first-order chi connectivity index (χ1) is 14.4. The Morgan fingerprint density at radius 3 is 2.07 bits per heavy atom. The Morgan fingerprint density at radius 2 is 1.43 bits per heavy atom. The second-order valence-electron chi connectivity index (χ2n) is 8.47. The smallest absolute Gasteiger partial charge is 0.239 e. The van der Waals surface area contributed by atoms with Crippen LogP contribution in [0.15, 0.2) is 66.7 Å². The minimum Gasteiger partial charge on any atom is -0.274 e. The molecule has 4 aliphatic rings. The van der Waals surface area contributed by atoms with Gasteiger partial charge in [0.15, 0.2) is 0 Å². The van der Waals surface area contributed by atoms with Crippen molar-refractivity contribution in [2.45, 2.75) is 18.3 Å². The Balaban J connectivity index is 1.63. The number of benzene rings is 3. The van der Waals surface area contributed by atoms with Crippen molar-refractivity contribution in [1.82, 2.24) is 0 Å². The highest BCUT2D eigenvalue weighted by molar-refractivity contribution is 6.38. The molecule has 7 rings (SSSR count). The Bertz CT molecular complexity index is 1220. The quantitative estimate of drug-likeness (QED) is 0.470. The molecule has 30 heavy (non-hydrogen) atoms. The number of hydrogen-bond acceptors (Lipinski definition) is 2. The van der Waals surface area contributed by atoms with Crippen LogP contribution in [0.3, 0.4) is 0 Å². The lowest BCUT2D eigenvalue weighted by Crippen LogP contribution is -2.51. The number of carbonyl (C=O) groups is 2. The first-order valence-electron chi connectivity index (χ1n) is 9.96. The topological polar surface area (TPSA) is 37.4 Å². The van der Waals surface area contributed by atoms with Gasteiger partial charge in [0.25, 0.3) is 0 Å². The molecule has 1 saturated heterocycles. The summed E-state index contributed by atoms with van der Waals surface area (Å²) in [5.74, 6) is -1.49. The van der Waals surface area contributed by atoms with Crippen molar-refractivity contribution in [3.63, 3.8) is 0 Å². The summed E-state index contributed by atoms with van der Waals surface area (Å²) in [5.41, 5.74) is 4.33. The lowest BCUT2D eigenvalue weighted by atomic mass is 9.48. The second-order valence-corrected chi connectivity index (χ2v) is 9.31. The number of amides is 2. The summed E-state index contributed by atoms with van der Waals surface area (Å²) in [6.45, 7) is 2.10. The maximum absolute atomic E-state index is 13.8. The molecule has 3 nitrogen and oxygen atoms in total. The van der Waals surface area contributed by atoms with Crippen molar-refractivity contribution < 1.29 is 9.59 Å². The molecule has 0 saturated carbocycles. The number of nitrogens with zero attached hydrogens (tertiary/aromatic N) is 1. The first kappa shape index (κ1) is 18.2. The van der Waals surface area contributed by atoms with Gasteiger partial charge in [0.1, 0.15) is 0 Å². The van der Waals surface area contributed by atoms with Gasteiger partial charge in [-0.15, -0.1) is 0 Å². The monoisotopic (exact) mass is 433 g/mol. The highest BCUT2D eigenvalue weighted by Crippen LogP contribution is 2.64. The molecule has 3 aliphatic carbocycles. The van der Waals surface area contributed by atoms with Gasteiger partial charge in [-0.2, -0.15) is 0 Å². The molecule has 0 aromatic heterocycles. The van der Waals surface area contributed by atoms with E-state index >= 15 is 0 Å². The van der Waals surface area contributed by atoms with Gasteiger partial charge in [-0.25, -0.2) is 4.90 Å². The van der Waals surface area contributed by atoms with Crippen molar-refractivity contribution in [1.29, 1.82) is 0 Å². The van der Waals surface area contributed by atoms with E-state index in [0.717, 1.165) is 22.3 Å². The highest BCUT2D eigenvalue weighted by atomic mass is 35.5. The summed E-state index contributed by atoms with van der Waals surface area (Å²) in [5, 5.41) is 0.776. The predicted molar refractivity (Wildman–Crippen MR) is 117 cm³/mol. The van der Waals surface area contributed by atoms with E-state index in [1.54, 1.807) is 18.2 Å². The zero-order valence-corrected chi connectivity index (χ0v) is 17.6. The van der Waals surface area contributed by atoms with Gasteiger partial charge in [0.05, 0.1) is 22.5 Å². The average Bonchev–Trinajstić information content (AvgIpc) is 3.02. The van der Waals surface area contributed by atoms with E-state index in [-0.39, 0.29) is 17.7 Å². The van der Waals surface area contributed by atoms with Gasteiger partial charge >= 0.3 is 0 Å². The molecule has 2 atom stereocenters. The fourth-order valence-corrected chi connectivity index (χ4v) is 6.41. The van der Waals surface area contributed by atoms with E-state index in [1.807, 2.05) is 24.3 Å². The molecule has 148 valence electrons. The van der Waals surface area contributed by atoms with E-state index in [4.69, 9.17) is 23.2 Å². The van der Waals surface area contributed by atoms with Crippen LogP contribution in [0.2, 0.25) is 10.0 Å². The summed E-state index contributed by atoms with van der Waals surface area (Å²) in [6, 6.07) is 21.3. The fourth-order valence-electron chi connectivity index (χ4n) is 6.05. The Hall–Kier alpha value is -2.62. The molecular weight excluding hydrogens is 417 g/mol. The maximum atomic E-state index is 13.8. The number of anilines is 1. The minimum absolute atomic E-state index is 0.149. The lowest BCUT2D eigenvalue weighted by molar-refractivity contribution is -0.123. The minimum atomic E-state index is -0.584. The normalized spacial score (nSPS) is 28.4. The van der Waals surface area contributed by atoms with Crippen LogP contribution in [0.5, 0.6) is 0 Å². The SMILES string of the molecule is CC12c3ccccc3C(c3ccccc31)[C@@H]1C(=O)N(c3cc(Cl)ccc3Cl)C(=O)[C@@H]12. The second kappa shape index (κ2) is 5.96. The van der Waals surface area contributed by atoms with E-state index in [0.29, 0.717) is 15.7 Å². The molecule has 2 bridgehead atoms. The molecule has 0 spiro atoms. The number of hydrogen-bond donors (Lipinski definition) is 0. The van der Waals surface area contributed by atoms with Crippen molar-refractivity contribution in [2.75, 3.05) is 4.90 Å². The molecular formula is C25H17Cl2NO2. The summed E-state index contributed by atoms with van der Waals surface area (Å²) in [4.78, 5) is 28.9. The molecule has 0 radical (unpaired) electrons. The van der Waals surface area contributed by atoms with Gasteiger partial charge in [-0.1, -0.05) is 78.7 Å². The van der Waals surface area contributed by atoms with Crippen LogP contribution >= 0.6 is 23.2 Å².